The summed E-state index contributed by atoms with van der Waals surface area (Å²) in [4.78, 5) is 6.58. The molecule has 3 rings (SSSR count). The van der Waals surface area contributed by atoms with Gasteiger partial charge in [0.2, 0.25) is 0 Å². The molecule has 2 aromatic heterocycles. The maximum absolute atomic E-state index is 10.7. The largest absolute Gasteiger partial charge is 0.386 e. The van der Waals surface area contributed by atoms with Gasteiger partial charge in [-0.25, -0.2) is 9.67 Å². The second kappa shape index (κ2) is 5.14. The lowest BCUT2D eigenvalue weighted by atomic mass is 10.0. The summed E-state index contributed by atoms with van der Waals surface area (Å²) >= 11 is 3.42. The number of aryl methyl sites for hydroxylation is 1. The van der Waals surface area contributed by atoms with Crippen molar-refractivity contribution in [3.05, 3.63) is 34.7 Å². The van der Waals surface area contributed by atoms with Crippen LogP contribution in [0.2, 0.25) is 0 Å². The van der Waals surface area contributed by atoms with Crippen molar-refractivity contribution in [1.82, 2.24) is 20.0 Å². The molecule has 0 aromatic carbocycles. The number of β-amino-alcohol motifs (C(OH)–C–C–N with tert-alkyl or cyclic N) is 1. The summed E-state index contributed by atoms with van der Waals surface area (Å²) in [5, 5.41) is 18.4. The monoisotopic (exact) mass is 337 g/mol. The first-order valence-electron chi connectivity index (χ1n) is 6.49. The van der Waals surface area contributed by atoms with E-state index in [-0.39, 0.29) is 0 Å². The molecule has 1 saturated heterocycles. The predicted molar refractivity (Wildman–Crippen MR) is 78.5 cm³/mol. The van der Waals surface area contributed by atoms with Crippen molar-refractivity contribution in [1.29, 1.82) is 0 Å². The Kier molecular flexibility index (Phi) is 3.47. The fourth-order valence-electron chi connectivity index (χ4n) is 2.65. The normalized spacial score (nSPS) is 22.4. The van der Waals surface area contributed by atoms with Crippen molar-refractivity contribution < 1.29 is 5.11 Å². The maximum Gasteiger partial charge on any atom is 0.131 e. The van der Waals surface area contributed by atoms with Crippen LogP contribution in [-0.2, 0) is 6.54 Å². The lowest BCUT2D eigenvalue weighted by Crippen LogP contribution is -2.38. The number of anilines is 1. The van der Waals surface area contributed by atoms with Crippen molar-refractivity contribution in [2.75, 3.05) is 18.0 Å². The SMILES string of the molecule is Cc1cc(Br)cnc1N1CCC(O)(Cn2ccnn2)C1. The van der Waals surface area contributed by atoms with E-state index in [9.17, 15) is 5.11 Å². The lowest BCUT2D eigenvalue weighted by Gasteiger charge is -2.24. The minimum atomic E-state index is -0.783. The molecule has 1 N–H and O–H groups in total. The first kappa shape index (κ1) is 13.5. The summed E-state index contributed by atoms with van der Waals surface area (Å²) < 4.78 is 2.64. The van der Waals surface area contributed by atoms with Gasteiger partial charge in [-0.2, -0.15) is 0 Å². The zero-order valence-electron chi connectivity index (χ0n) is 11.2. The van der Waals surface area contributed by atoms with Crippen LogP contribution in [0.1, 0.15) is 12.0 Å². The van der Waals surface area contributed by atoms with Gasteiger partial charge >= 0.3 is 0 Å². The molecule has 2 aromatic rings. The summed E-state index contributed by atoms with van der Waals surface area (Å²) in [5.41, 5.74) is 0.318. The molecule has 0 aliphatic carbocycles. The van der Waals surface area contributed by atoms with E-state index in [2.05, 4.69) is 36.1 Å². The van der Waals surface area contributed by atoms with Gasteiger partial charge in [0, 0.05) is 23.4 Å². The highest BCUT2D eigenvalue weighted by Crippen LogP contribution is 2.29. The van der Waals surface area contributed by atoms with Gasteiger partial charge in [0.1, 0.15) is 11.4 Å². The molecule has 0 bridgehead atoms. The first-order chi connectivity index (χ1) is 9.56. The number of halogens is 1. The molecule has 1 aliphatic heterocycles. The van der Waals surface area contributed by atoms with Crippen molar-refractivity contribution in [3.8, 4) is 0 Å². The van der Waals surface area contributed by atoms with Gasteiger partial charge in [0.05, 0.1) is 19.3 Å². The molecule has 1 unspecified atom stereocenters. The van der Waals surface area contributed by atoms with E-state index >= 15 is 0 Å². The van der Waals surface area contributed by atoms with Crippen LogP contribution in [-0.4, -0.2) is 43.8 Å². The third-order valence-electron chi connectivity index (χ3n) is 3.58. The molecular formula is C13H16BrN5O. The molecule has 0 saturated carbocycles. The highest BCUT2D eigenvalue weighted by Gasteiger charge is 2.37. The molecule has 0 radical (unpaired) electrons. The standard InChI is InChI=1S/C13H16BrN5O/c1-10-6-11(14)7-15-12(10)18-4-2-13(20,8-18)9-19-5-3-16-17-19/h3,5-7,20H,2,4,8-9H2,1H3. The Labute approximate surface area is 125 Å². The van der Waals surface area contributed by atoms with Crippen LogP contribution < -0.4 is 4.90 Å². The first-order valence-corrected chi connectivity index (χ1v) is 7.29. The Hall–Kier alpha value is -1.47. The van der Waals surface area contributed by atoms with Gasteiger partial charge in [0.25, 0.3) is 0 Å². The van der Waals surface area contributed by atoms with Crippen LogP contribution >= 0.6 is 15.9 Å². The van der Waals surface area contributed by atoms with Gasteiger partial charge in [-0.05, 0) is 40.9 Å². The third kappa shape index (κ3) is 2.69. The van der Waals surface area contributed by atoms with Gasteiger partial charge in [-0.1, -0.05) is 5.21 Å². The number of aliphatic hydroxyl groups is 1. The summed E-state index contributed by atoms with van der Waals surface area (Å²) in [7, 11) is 0. The highest BCUT2D eigenvalue weighted by atomic mass is 79.9. The van der Waals surface area contributed by atoms with E-state index in [0.29, 0.717) is 19.5 Å². The minimum absolute atomic E-state index is 0.457. The maximum atomic E-state index is 10.7. The van der Waals surface area contributed by atoms with Crippen LogP contribution in [0.4, 0.5) is 5.82 Å². The van der Waals surface area contributed by atoms with Gasteiger partial charge in [-0.15, -0.1) is 5.10 Å². The molecular weight excluding hydrogens is 322 g/mol. The Morgan fingerprint density at radius 1 is 1.50 bits per heavy atom. The summed E-state index contributed by atoms with van der Waals surface area (Å²) in [5.74, 6) is 0.933. The molecule has 1 aliphatic rings. The smallest absolute Gasteiger partial charge is 0.131 e. The summed E-state index contributed by atoms with van der Waals surface area (Å²) in [6.07, 6.45) is 5.88. The van der Waals surface area contributed by atoms with E-state index in [4.69, 9.17) is 0 Å². The van der Waals surface area contributed by atoms with E-state index in [1.165, 1.54) is 0 Å². The van der Waals surface area contributed by atoms with Crippen LogP contribution in [0.25, 0.3) is 0 Å². The second-order valence-corrected chi connectivity index (χ2v) is 6.21. The molecule has 3 heterocycles. The predicted octanol–water partition coefficient (Wildman–Crippen LogP) is 1.39. The van der Waals surface area contributed by atoms with Crippen LogP contribution in [0.3, 0.4) is 0 Å². The molecule has 20 heavy (non-hydrogen) atoms. The van der Waals surface area contributed by atoms with E-state index in [0.717, 1.165) is 22.4 Å². The number of hydrogen-bond donors (Lipinski definition) is 1. The fraction of sp³-hybridized carbons (Fsp3) is 0.462. The quantitative estimate of drug-likeness (QED) is 0.916. The zero-order chi connectivity index (χ0) is 14.2. The minimum Gasteiger partial charge on any atom is -0.386 e. The van der Waals surface area contributed by atoms with Crippen molar-refractivity contribution >= 4 is 21.7 Å². The highest BCUT2D eigenvalue weighted by molar-refractivity contribution is 9.10. The topological polar surface area (TPSA) is 67.1 Å². The number of aromatic nitrogens is 4. The molecule has 6 nitrogen and oxygen atoms in total. The van der Waals surface area contributed by atoms with E-state index in [1.807, 2.05) is 13.0 Å². The van der Waals surface area contributed by atoms with E-state index < -0.39 is 5.60 Å². The summed E-state index contributed by atoms with van der Waals surface area (Å²) in [6.45, 7) is 3.84. The van der Waals surface area contributed by atoms with Gasteiger partial charge in [-0.3, -0.25) is 0 Å². The summed E-state index contributed by atoms with van der Waals surface area (Å²) in [6, 6.07) is 2.04. The molecule has 0 spiro atoms. The Balaban J connectivity index is 1.75. The molecule has 0 amide bonds. The average molecular weight is 338 g/mol. The molecule has 1 fully saturated rings. The average Bonchev–Trinajstić information content (AvgIpc) is 3.00. The number of nitrogens with zero attached hydrogens (tertiary/aromatic N) is 5. The Morgan fingerprint density at radius 2 is 2.35 bits per heavy atom. The number of pyridine rings is 1. The van der Waals surface area contributed by atoms with Crippen molar-refractivity contribution in [3.63, 3.8) is 0 Å². The van der Waals surface area contributed by atoms with Crippen molar-refractivity contribution in [2.45, 2.75) is 25.5 Å². The third-order valence-corrected chi connectivity index (χ3v) is 4.01. The molecule has 106 valence electrons. The Bertz CT molecular complexity index is 603. The second-order valence-electron chi connectivity index (χ2n) is 5.29. The van der Waals surface area contributed by atoms with Gasteiger partial charge in [0.15, 0.2) is 0 Å². The van der Waals surface area contributed by atoms with Crippen molar-refractivity contribution in [2.24, 2.45) is 0 Å². The van der Waals surface area contributed by atoms with Gasteiger partial charge < -0.3 is 10.0 Å². The van der Waals surface area contributed by atoms with E-state index in [1.54, 1.807) is 23.3 Å². The van der Waals surface area contributed by atoms with Crippen LogP contribution in [0.5, 0.6) is 0 Å². The van der Waals surface area contributed by atoms with Crippen LogP contribution in [0.15, 0.2) is 29.1 Å². The number of hydrogen-bond acceptors (Lipinski definition) is 5. The molecule has 7 heteroatoms. The van der Waals surface area contributed by atoms with Crippen LogP contribution in [0, 0.1) is 6.92 Å². The molecule has 1 atom stereocenters. The zero-order valence-corrected chi connectivity index (χ0v) is 12.8. The Morgan fingerprint density at radius 3 is 3.05 bits per heavy atom. The number of rotatable bonds is 3. The lowest BCUT2D eigenvalue weighted by molar-refractivity contribution is 0.0408. The fourth-order valence-corrected chi connectivity index (χ4v) is 3.09.